The van der Waals surface area contributed by atoms with Crippen LogP contribution in [-0.2, 0) is 6.42 Å². The average molecular weight is 233 g/mol. The van der Waals surface area contributed by atoms with Crippen molar-refractivity contribution in [2.45, 2.75) is 26.2 Å². The van der Waals surface area contributed by atoms with Gasteiger partial charge in [-0.2, -0.15) is 0 Å². The first-order valence-corrected chi connectivity index (χ1v) is 6.43. The zero-order valence-corrected chi connectivity index (χ0v) is 10.3. The van der Waals surface area contributed by atoms with Gasteiger partial charge in [0, 0.05) is 0 Å². The van der Waals surface area contributed by atoms with Crippen LogP contribution < -0.4 is 14.8 Å². The Bertz CT molecular complexity index is 411. The van der Waals surface area contributed by atoms with E-state index in [4.69, 9.17) is 9.47 Å². The van der Waals surface area contributed by atoms with E-state index in [9.17, 15) is 0 Å². The van der Waals surface area contributed by atoms with Crippen molar-refractivity contribution >= 4 is 0 Å². The normalized spacial score (nSPS) is 22.1. The number of nitrogens with one attached hydrogen (secondary N) is 1. The summed E-state index contributed by atoms with van der Waals surface area (Å²) >= 11 is 0. The third-order valence-corrected chi connectivity index (χ3v) is 3.82. The molecule has 3 rings (SSSR count). The zero-order valence-electron chi connectivity index (χ0n) is 10.3. The highest BCUT2D eigenvalue weighted by atomic mass is 16.7. The topological polar surface area (TPSA) is 30.5 Å². The van der Waals surface area contributed by atoms with Crippen LogP contribution in [0.25, 0.3) is 0 Å². The number of fused-ring (bicyclic) bond motifs is 1. The molecule has 17 heavy (non-hydrogen) atoms. The van der Waals surface area contributed by atoms with Crippen LogP contribution in [0.2, 0.25) is 0 Å². The number of hydrogen-bond acceptors (Lipinski definition) is 3. The second-order valence-corrected chi connectivity index (χ2v) is 5.03. The molecule has 92 valence electrons. The van der Waals surface area contributed by atoms with Gasteiger partial charge >= 0.3 is 0 Å². The lowest BCUT2D eigenvalue weighted by molar-refractivity contribution is 0.174. The molecule has 1 aromatic carbocycles. The van der Waals surface area contributed by atoms with E-state index in [2.05, 4.69) is 24.4 Å². The van der Waals surface area contributed by atoms with Crippen molar-refractivity contribution in [1.82, 2.24) is 5.32 Å². The van der Waals surface area contributed by atoms with Crippen LogP contribution in [-0.4, -0.2) is 19.9 Å². The fourth-order valence-corrected chi connectivity index (χ4v) is 2.68. The molecule has 0 aromatic heterocycles. The lowest BCUT2D eigenvalue weighted by Crippen LogP contribution is -2.09. The number of rotatable bonds is 3. The van der Waals surface area contributed by atoms with Gasteiger partial charge in [-0.1, -0.05) is 0 Å². The van der Waals surface area contributed by atoms with E-state index in [1.807, 2.05) is 0 Å². The summed E-state index contributed by atoms with van der Waals surface area (Å²) in [4.78, 5) is 0. The largest absolute Gasteiger partial charge is 0.454 e. The molecule has 1 saturated heterocycles. The molecular weight excluding hydrogens is 214 g/mol. The predicted molar refractivity (Wildman–Crippen MR) is 66.6 cm³/mol. The molecule has 0 spiro atoms. The van der Waals surface area contributed by atoms with Crippen LogP contribution in [0.15, 0.2) is 12.1 Å². The Kier molecular flexibility index (Phi) is 2.93. The van der Waals surface area contributed by atoms with Gasteiger partial charge < -0.3 is 14.8 Å². The lowest BCUT2D eigenvalue weighted by Gasteiger charge is -2.11. The molecule has 0 bridgehead atoms. The first-order valence-electron chi connectivity index (χ1n) is 6.43. The summed E-state index contributed by atoms with van der Waals surface area (Å²) in [7, 11) is 0. The first kappa shape index (κ1) is 10.9. The molecule has 2 aliphatic heterocycles. The lowest BCUT2D eigenvalue weighted by atomic mass is 9.96. The van der Waals surface area contributed by atoms with Crippen molar-refractivity contribution in [3.05, 3.63) is 23.3 Å². The molecule has 0 aliphatic carbocycles. The van der Waals surface area contributed by atoms with Crippen molar-refractivity contribution in [1.29, 1.82) is 0 Å². The quantitative estimate of drug-likeness (QED) is 0.868. The maximum absolute atomic E-state index is 5.43. The van der Waals surface area contributed by atoms with E-state index in [-0.39, 0.29) is 0 Å². The van der Waals surface area contributed by atoms with Gasteiger partial charge in [0.15, 0.2) is 11.5 Å². The molecule has 2 aliphatic rings. The molecule has 2 heterocycles. The van der Waals surface area contributed by atoms with Gasteiger partial charge in [-0.3, -0.25) is 0 Å². The summed E-state index contributed by atoms with van der Waals surface area (Å²) < 4.78 is 10.8. The predicted octanol–water partition coefficient (Wildman–Crippen LogP) is 2.27. The van der Waals surface area contributed by atoms with E-state index in [1.54, 1.807) is 0 Å². The molecule has 0 saturated carbocycles. The molecule has 1 aromatic rings. The monoisotopic (exact) mass is 233 g/mol. The van der Waals surface area contributed by atoms with Crippen LogP contribution >= 0.6 is 0 Å². The van der Waals surface area contributed by atoms with Crippen LogP contribution in [0.4, 0.5) is 0 Å². The molecule has 3 nitrogen and oxygen atoms in total. The minimum Gasteiger partial charge on any atom is -0.454 e. The molecule has 3 heteroatoms. The van der Waals surface area contributed by atoms with Crippen LogP contribution in [0.3, 0.4) is 0 Å². The number of aryl methyl sites for hydroxylation is 2. The Morgan fingerprint density at radius 3 is 2.88 bits per heavy atom. The second kappa shape index (κ2) is 4.57. The van der Waals surface area contributed by atoms with Gasteiger partial charge in [-0.05, 0) is 68.5 Å². The molecule has 0 radical (unpaired) electrons. The van der Waals surface area contributed by atoms with Gasteiger partial charge in [-0.15, -0.1) is 0 Å². The van der Waals surface area contributed by atoms with E-state index in [0.29, 0.717) is 6.79 Å². The van der Waals surface area contributed by atoms with Crippen molar-refractivity contribution in [2.24, 2.45) is 5.92 Å². The van der Waals surface area contributed by atoms with Crippen molar-refractivity contribution in [3.8, 4) is 11.5 Å². The maximum Gasteiger partial charge on any atom is 0.231 e. The highest BCUT2D eigenvalue weighted by Gasteiger charge is 2.18. The molecule has 1 N–H and O–H groups in total. The first-order chi connectivity index (χ1) is 8.33. The highest BCUT2D eigenvalue weighted by Crippen LogP contribution is 2.35. The second-order valence-electron chi connectivity index (χ2n) is 5.03. The smallest absolute Gasteiger partial charge is 0.231 e. The number of benzene rings is 1. The summed E-state index contributed by atoms with van der Waals surface area (Å²) in [6.45, 7) is 4.89. The molecule has 0 amide bonds. The van der Waals surface area contributed by atoms with Crippen molar-refractivity contribution in [2.75, 3.05) is 19.9 Å². The number of hydrogen-bond donors (Lipinski definition) is 1. The zero-order chi connectivity index (χ0) is 11.7. The van der Waals surface area contributed by atoms with Gasteiger partial charge in [0.05, 0.1) is 0 Å². The Hall–Kier alpha value is -1.22. The summed E-state index contributed by atoms with van der Waals surface area (Å²) in [5.41, 5.74) is 2.72. The average Bonchev–Trinajstić information content (AvgIpc) is 2.95. The number of ether oxygens (including phenoxy) is 2. The Morgan fingerprint density at radius 2 is 2.12 bits per heavy atom. The fourth-order valence-electron chi connectivity index (χ4n) is 2.68. The highest BCUT2D eigenvalue weighted by molar-refractivity contribution is 5.48. The minimum atomic E-state index is 0.366. The summed E-state index contributed by atoms with van der Waals surface area (Å²) in [6, 6.07) is 4.25. The molecule has 1 fully saturated rings. The SMILES string of the molecule is Cc1cc2c(cc1CCC1CCNC1)OCO2. The van der Waals surface area contributed by atoms with Gasteiger partial charge in [0.2, 0.25) is 6.79 Å². The van der Waals surface area contributed by atoms with E-state index >= 15 is 0 Å². The van der Waals surface area contributed by atoms with Crippen molar-refractivity contribution < 1.29 is 9.47 Å². The third-order valence-electron chi connectivity index (χ3n) is 3.82. The Labute approximate surface area is 102 Å². The van der Waals surface area contributed by atoms with Gasteiger partial charge in [0.1, 0.15) is 0 Å². The summed E-state index contributed by atoms with van der Waals surface area (Å²) in [6.07, 6.45) is 3.74. The Morgan fingerprint density at radius 1 is 1.29 bits per heavy atom. The van der Waals surface area contributed by atoms with E-state index in [0.717, 1.165) is 23.8 Å². The van der Waals surface area contributed by atoms with Crippen LogP contribution in [0.1, 0.15) is 24.0 Å². The maximum atomic E-state index is 5.43. The summed E-state index contributed by atoms with van der Waals surface area (Å²) in [5.74, 6) is 2.66. The molecular formula is C14H19NO2. The van der Waals surface area contributed by atoms with Gasteiger partial charge in [0.25, 0.3) is 0 Å². The third kappa shape index (κ3) is 2.25. The van der Waals surface area contributed by atoms with Gasteiger partial charge in [-0.25, -0.2) is 0 Å². The minimum absolute atomic E-state index is 0.366. The van der Waals surface area contributed by atoms with E-state index < -0.39 is 0 Å². The van der Waals surface area contributed by atoms with Crippen LogP contribution in [0, 0.1) is 12.8 Å². The fraction of sp³-hybridized carbons (Fsp3) is 0.571. The standard InChI is InChI=1S/C14H19NO2/c1-10-6-13-14(17-9-16-13)7-12(10)3-2-11-4-5-15-8-11/h6-7,11,15H,2-5,8-9H2,1H3. The molecule has 1 atom stereocenters. The molecule has 1 unspecified atom stereocenters. The van der Waals surface area contributed by atoms with E-state index in [1.165, 1.54) is 37.1 Å². The van der Waals surface area contributed by atoms with Crippen LogP contribution in [0.5, 0.6) is 11.5 Å². The Balaban J connectivity index is 1.69. The summed E-state index contributed by atoms with van der Waals surface area (Å²) in [5, 5.41) is 3.42. The van der Waals surface area contributed by atoms with Crippen molar-refractivity contribution in [3.63, 3.8) is 0 Å².